The number of carbonyl (C=O) groups is 1. The zero-order valence-corrected chi connectivity index (χ0v) is 11.6. The van der Waals surface area contributed by atoms with Crippen molar-refractivity contribution in [3.8, 4) is 0 Å². The summed E-state index contributed by atoms with van der Waals surface area (Å²) in [6.45, 7) is 4.34. The number of carboxylic acid groups (broad SMARTS) is 1. The molecule has 0 spiro atoms. The second-order valence-electron chi connectivity index (χ2n) is 4.76. The van der Waals surface area contributed by atoms with Gasteiger partial charge in [0.15, 0.2) is 0 Å². The van der Waals surface area contributed by atoms with Crippen molar-refractivity contribution < 1.29 is 9.90 Å². The molecule has 1 aromatic carbocycles. The quantitative estimate of drug-likeness (QED) is 0.860. The van der Waals surface area contributed by atoms with Crippen LogP contribution in [0.4, 0.5) is 11.5 Å². The van der Waals surface area contributed by atoms with Gasteiger partial charge in [0.25, 0.3) is 0 Å². The summed E-state index contributed by atoms with van der Waals surface area (Å²) >= 11 is 0. The van der Waals surface area contributed by atoms with Crippen LogP contribution in [0.25, 0.3) is 0 Å². The fourth-order valence-electron chi connectivity index (χ4n) is 1.94. The first-order valence-corrected chi connectivity index (χ1v) is 6.67. The molecule has 0 radical (unpaired) electrons. The predicted octanol–water partition coefficient (Wildman–Crippen LogP) is 4.04. The molecule has 1 aromatic heterocycles. The molecule has 4 nitrogen and oxygen atoms in total. The van der Waals surface area contributed by atoms with E-state index in [1.165, 1.54) is 11.6 Å². The maximum atomic E-state index is 11.1. The number of hydrogen-bond acceptors (Lipinski definition) is 3. The first kappa shape index (κ1) is 14.1. The molecule has 2 aromatic rings. The van der Waals surface area contributed by atoms with Gasteiger partial charge in [0.05, 0.1) is 0 Å². The minimum absolute atomic E-state index is 0.165. The molecule has 0 bridgehead atoms. The second kappa shape index (κ2) is 6.19. The monoisotopic (exact) mass is 270 g/mol. The van der Waals surface area contributed by atoms with Gasteiger partial charge in [0.1, 0.15) is 11.4 Å². The standard InChI is InChI=1S/C16H18N2O2/c1-3-11(2)12-6-8-13(9-7-12)18-15-14(16(19)20)5-4-10-17-15/h4-11H,3H2,1-2H3,(H,17,18)(H,19,20)/t11-/m1/s1. The number of hydrogen-bond donors (Lipinski definition) is 2. The fraction of sp³-hybridized carbons (Fsp3) is 0.250. The number of carboxylic acids is 1. The Hall–Kier alpha value is -2.36. The van der Waals surface area contributed by atoms with E-state index in [0.717, 1.165) is 12.1 Å². The number of aromatic carboxylic acids is 1. The number of nitrogens with one attached hydrogen (secondary N) is 1. The summed E-state index contributed by atoms with van der Waals surface area (Å²) in [7, 11) is 0. The van der Waals surface area contributed by atoms with E-state index in [0.29, 0.717) is 11.7 Å². The zero-order chi connectivity index (χ0) is 14.5. The van der Waals surface area contributed by atoms with Crippen molar-refractivity contribution in [1.82, 2.24) is 4.98 Å². The highest BCUT2D eigenvalue weighted by atomic mass is 16.4. The molecule has 1 atom stereocenters. The van der Waals surface area contributed by atoms with E-state index in [1.54, 1.807) is 12.3 Å². The molecule has 4 heteroatoms. The van der Waals surface area contributed by atoms with Gasteiger partial charge < -0.3 is 10.4 Å². The Kier molecular flexibility index (Phi) is 4.35. The summed E-state index contributed by atoms with van der Waals surface area (Å²) in [6, 6.07) is 11.1. The summed E-state index contributed by atoms with van der Waals surface area (Å²) < 4.78 is 0. The maximum absolute atomic E-state index is 11.1. The van der Waals surface area contributed by atoms with E-state index in [2.05, 4.69) is 36.3 Å². The van der Waals surface area contributed by atoms with Crippen molar-refractivity contribution in [2.45, 2.75) is 26.2 Å². The van der Waals surface area contributed by atoms with Crippen LogP contribution in [0.5, 0.6) is 0 Å². The van der Waals surface area contributed by atoms with Crippen LogP contribution in [0.15, 0.2) is 42.6 Å². The Morgan fingerprint density at radius 3 is 2.60 bits per heavy atom. The summed E-state index contributed by atoms with van der Waals surface area (Å²) in [5.41, 5.74) is 2.27. The zero-order valence-electron chi connectivity index (χ0n) is 11.6. The largest absolute Gasteiger partial charge is 0.478 e. The molecule has 0 saturated carbocycles. The molecule has 0 unspecified atom stereocenters. The van der Waals surface area contributed by atoms with Crippen LogP contribution < -0.4 is 5.32 Å². The van der Waals surface area contributed by atoms with Crippen molar-refractivity contribution in [1.29, 1.82) is 0 Å². The van der Waals surface area contributed by atoms with Crippen LogP contribution in [0.1, 0.15) is 42.1 Å². The van der Waals surface area contributed by atoms with E-state index in [-0.39, 0.29) is 5.56 Å². The normalized spacial score (nSPS) is 11.9. The van der Waals surface area contributed by atoms with Gasteiger partial charge in [-0.15, -0.1) is 0 Å². The second-order valence-corrected chi connectivity index (χ2v) is 4.76. The van der Waals surface area contributed by atoms with Gasteiger partial charge in [-0.25, -0.2) is 9.78 Å². The Balaban J connectivity index is 2.20. The Morgan fingerprint density at radius 2 is 2.00 bits per heavy atom. The van der Waals surface area contributed by atoms with Gasteiger partial charge in [-0.2, -0.15) is 0 Å². The van der Waals surface area contributed by atoms with Crippen LogP contribution in [-0.2, 0) is 0 Å². The lowest BCUT2D eigenvalue weighted by Crippen LogP contribution is -2.04. The van der Waals surface area contributed by atoms with Gasteiger partial charge in [0, 0.05) is 11.9 Å². The van der Waals surface area contributed by atoms with E-state index in [9.17, 15) is 4.79 Å². The van der Waals surface area contributed by atoms with E-state index >= 15 is 0 Å². The Labute approximate surface area is 118 Å². The minimum atomic E-state index is -0.989. The molecule has 0 saturated heterocycles. The third-order valence-corrected chi connectivity index (χ3v) is 3.39. The number of benzene rings is 1. The molecule has 1 heterocycles. The summed E-state index contributed by atoms with van der Waals surface area (Å²) in [6.07, 6.45) is 2.67. The minimum Gasteiger partial charge on any atom is -0.478 e. The maximum Gasteiger partial charge on any atom is 0.339 e. The molecular formula is C16H18N2O2. The average molecular weight is 270 g/mol. The molecule has 0 aliphatic rings. The smallest absolute Gasteiger partial charge is 0.339 e. The average Bonchev–Trinajstić information content (AvgIpc) is 2.47. The van der Waals surface area contributed by atoms with Crippen LogP contribution in [0.3, 0.4) is 0 Å². The lowest BCUT2D eigenvalue weighted by Gasteiger charge is -2.11. The number of nitrogens with zero attached hydrogens (tertiary/aromatic N) is 1. The van der Waals surface area contributed by atoms with Gasteiger partial charge in [-0.3, -0.25) is 0 Å². The van der Waals surface area contributed by atoms with Crippen molar-refractivity contribution in [3.05, 3.63) is 53.7 Å². The van der Waals surface area contributed by atoms with Crippen molar-refractivity contribution in [2.24, 2.45) is 0 Å². The van der Waals surface area contributed by atoms with Crippen LogP contribution in [0.2, 0.25) is 0 Å². The van der Waals surface area contributed by atoms with E-state index < -0.39 is 5.97 Å². The predicted molar refractivity (Wildman–Crippen MR) is 79.6 cm³/mol. The SMILES string of the molecule is CC[C@@H](C)c1ccc(Nc2ncccc2C(=O)O)cc1. The number of aromatic nitrogens is 1. The van der Waals surface area contributed by atoms with Crippen molar-refractivity contribution >= 4 is 17.5 Å². The molecule has 2 rings (SSSR count). The lowest BCUT2D eigenvalue weighted by atomic mass is 9.99. The molecule has 104 valence electrons. The van der Waals surface area contributed by atoms with Crippen molar-refractivity contribution in [3.63, 3.8) is 0 Å². The van der Waals surface area contributed by atoms with Gasteiger partial charge in [-0.05, 0) is 42.2 Å². The van der Waals surface area contributed by atoms with Crippen molar-refractivity contribution in [2.75, 3.05) is 5.32 Å². The molecule has 0 amide bonds. The van der Waals surface area contributed by atoms with Gasteiger partial charge in [-0.1, -0.05) is 26.0 Å². The highest BCUT2D eigenvalue weighted by Crippen LogP contribution is 2.23. The fourth-order valence-corrected chi connectivity index (χ4v) is 1.94. The van der Waals surface area contributed by atoms with Crippen LogP contribution in [0, 0.1) is 0 Å². The first-order valence-electron chi connectivity index (χ1n) is 6.67. The number of pyridine rings is 1. The third-order valence-electron chi connectivity index (χ3n) is 3.39. The van der Waals surface area contributed by atoms with E-state index in [1.807, 2.05) is 12.1 Å². The number of anilines is 2. The highest BCUT2D eigenvalue weighted by molar-refractivity contribution is 5.93. The highest BCUT2D eigenvalue weighted by Gasteiger charge is 2.10. The summed E-state index contributed by atoms with van der Waals surface area (Å²) in [4.78, 5) is 15.2. The molecule has 2 N–H and O–H groups in total. The summed E-state index contributed by atoms with van der Waals surface area (Å²) in [5, 5.41) is 12.2. The molecule has 0 fully saturated rings. The number of rotatable bonds is 5. The Morgan fingerprint density at radius 1 is 1.30 bits per heavy atom. The van der Waals surface area contributed by atoms with Crippen LogP contribution in [-0.4, -0.2) is 16.1 Å². The van der Waals surface area contributed by atoms with Gasteiger partial charge in [0.2, 0.25) is 0 Å². The molecule has 0 aliphatic carbocycles. The van der Waals surface area contributed by atoms with Gasteiger partial charge >= 0.3 is 5.97 Å². The molecule has 20 heavy (non-hydrogen) atoms. The molecular weight excluding hydrogens is 252 g/mol. The first-order chi connectivity index (χ1) is 9.61. The lowest BCUT2D eigenvalue weighted by molar-refractivity contribution is 0.0697. The molecule has 0 aliphatic heterocycles. The van der Waals surface area contributed by atoms with E-state index in [4.69, 9.17) is 5.11 Å². The topological polar surface area (TPSA) is 62.2 Å². The Bertz CT molecular complexity index is 594. The third kappa shape index (κ3) is 3.15. The summed E-state index contributed by atoms with van der Waals surface area (Å²) in [5.74, 6) is -0.110. The van der Waals surface area contributed by atoms with Crippen LogP contribution >= 0.6 is 0 Å².